The molecule has 0 aromatic rings. The molecule has 0 heterocycles. The van der Waals surface area contributed by atoms with Gasteiger partial charge >= 0.3 is 5.97 Å². The van der Waals surface area contributed by atoms with Crippen LogP contribution in [0.1, 0.15) is 174 Å². The molecule has 0 rings (SSSR count). The van der Waals surface area contributed by atoms with Crippen molar-refractivity contribution in [1.29, 1.82) is 0 Å². The SMILES string of the molecule is CCCCC/C=C\C/C=C\C/C=C\C/C=C\CCCC(=O)OCCCCCCCCCCCCCCCCC. The third kappa shape index (κ3) is 34.4. The largest absolute Gasteiger partial charge is 0.466 e. The molecule has 0 N–H and O–H groups in total. The molecule has 2 heteroatoms. The van der Waals surface area contributed by atoms with E-state index in [1.54, 1.807) is 0 Å². The van der Waals surface area contributed by atoms with E-state index < -0.39 is 0 Å². The molecule has 0 aliphatic carbocycles. The van der Waals surface area contributed by atoms with E-state index in [2.05, 4.69) is 62.5 Å². The van der Waals surface area contributed by atoms with Gasteiger partial charge in [-0.1, -0.05) is 165 Å². The van der Waals surface area contributed by atoms with Crippen molar-refractivity contribution in [1.82, 2.24) is 0 Å². The predicted octanol–water partition coefficient (Wildman–Crippen LogP) is 12.5. The molecule has 226 valence electrons. The summed E-state index contributed by atoms with van der Waals surface area (Å²) < 4.78 is 5.40. The van der Waals surface area contributed by atoms with E-state index in [0.29, 0.717) is 13.0 Å². The molecule has 0 spiro atoms. The highest BCUT2D eigenvalue weighted by atomic mass is 16.5. The Morgan fingerprint density at radius 2 is 0.795 bits per heavy atom. The van der Waals surface area contributed by atoms with Gasteiger partial charge in [0.1, 0.15) is 0 Å². The molecule has 2 nitrogen and oxygen atoms in total. The fourth-order valence-corrected chi connectivity index (χ4v) is 4.66. The van der Waals surface area contributed by atoms with Crippen LogP contribution in [0.3, 0.4) is 0 Å². The summed E-state index contributed by atoms with van der Waals surface area (Å²) in [6.07, 6.45) is 48.8. The quantitative estimate of drug-likeness (QED) is 0.0512. The van der Waals surface area contributed by atoms with E-state index in [9.17, 15) is 4.79 Å². The van der Waals surface area contributed by atoms with Gasteiger partial charge in [0, 0.05) is 6.42 Å². The molecule has 0 saturated carbocycles. The van der Waals surface area contributed by atoms with Gasteiger partial charge in [-0.05, 0) is 51.4 Å². The molecule has 0 bridgehead atoms. The van der Waals surface area contributed by atoms with Crippen LogP contribution in [0, 0.1) is 0 Å². The Hall–Kier alpha value is -1.57. The lowest BCUT2D eigenvalue weighted by molar-refractivity contribution is -0.143. The normalized spacial score (nSPS) is 12.2. The van der Waals surface area contributed by atoms with Crippen LogP contribution in [0.4, 0.5) is 0 Å². The van der Waals surface area contributed by atoms with Crippen molar-refractivity contribution in [3.63, 3.8) is 0 Å². The molecule has 0 aromatic carbocycles. The van der Waals surface area contributed by atoms with Crippen molar-refractivity contribution in [3.05, 3.63) is 48.6 Å². The van der Waals surface area contributed by atoms with Crippen LogP contribution in [0.5, 0.6) is 0 Å². The van der Waals surface area contributed by atoms with E-state index in [-0.39, 0.29) is 5.97 Å². The monoisotopic (exact) mass is 543 g/mol. The molecule has 0 aliphatic heterocycles. The van der Waals surface area contributed by atoms with Crippen LogP contribution < -0.4 is 0 Å². The summed E-state index contributed by atoms with van der Waals surface area (Å²) in [6, 6.07) is 0. The Bertz CT molecular complexity index is 599. The highest BCUT2D eigenvalue weighted by Crippen LogP contribution is 2.13. The lowest BCUT2D eigenvalue weighted by Gasteiger charge is -2.05. The highest BCUT2D eigenvalue weighted by molar-refractivity contribution is 5.69. The van der Waals surface area contributed by atoms with Crippen molar-refractivity contribution in [2.24, 2.45) is 0 Å². The van der Waals surface area contributed by atoms with E-state index in [4.69, 9.17) is 4.74 Å². The summed E-state index contributed by atoms with van der Waals surface area (Å²) in [6.45, 7) is 5.13. The minimum atomic E-state index is -0.0312. The van der Waals surface area contributed by atoms with E-state index in [1.165, 1.54) is 116 Å². The van der Waals surface area contributed by atoms with Crippen LogP contribution in [0.25, 0.3) is 0 Å². The first-order valence-electron chi connectivity index (χ1n) is 17.1. The number of esters is 1. The van der Waals surface area contributed by atoms with Gasteiger partial charge in [0.05, 0.1) is 6.61 Å². The Morgan fingerprint density at radius 1 is 0.436 bits per heavy atom. The molecule has 0 radical (unpaired) electrons. The second-order valence-corrected chi connectivity index (χ2v) is 11.2. The second kappa shape index (κ2) is 34.5. The summed E-state index contributed by atoms with van der Waals surface area (Å²) in [4.78, 5) is 11.9. The first-order valence-corrected chi connectivity index (χ1v) is 17.1. The zero-order valence-electron chi connectivity index (χ0n) is 26.3. The van der Waals surface area contributed by atoms with Crippen LogP contribution in [0.15, 0.2) is 48.6 Å². The number of allylic oxidation sites excluding steroid dienone is 8. The zero-order chi connectivity index (χ0) is 28.3. The van der Waals surface area contributed by atoms with Gasteiger partial charge in [-0.25, -0.2) is 0 Å². The van der Waals surface area contributed by atoms with E-state index in [1.807, 2.05) is 0 Å². The van der Waals surface area contributed by atoms with Gasteiger partial charge in [-0.2, -0.15) is 0 Å². The Balaban J connectivity index is 3.34. The van der Waals surface area contributed by atoms with Crippen LogP contribution in [-0.4, -0.2) is 12.6 Å². The van der Waals surface area contributed by atoms with E-state index in [0.717, 1.165) is 38.5 Å². The lowest BCUT2D eigenvalue weighted by Crippen LogP contribution is -2.05. The number of rotatable bonds is 30. The minimum Gasteiger partial charge on any atom is -0.466 e. The number of unbranched alkanes of at least 4 members (excludes halogenated alkanes) is 18. The minimum absolute atomic E-state index is 0.0312. The van der Waals surface area contributed by atoms with Crippen LogP contribution in [-0.2, 0) is 9.53 Å². The number of ether oxygens (including phenoxy) is 1. The molecule has 39 heavy (non-hydrogen) atoms. The molecule has 0 atom stereocenters. The van der Waals surface area contributed by atoms with Crippen molar-refractivity contribution in [3.8, 4) is 0 Å². The third-order valence-corrected chi connectivity index (χ3v) is 7.22. The molecular formula is C37H66O2. The lowest BCUT2D eigenvalue weighted by atomic mass is 10.0. The molecular weight excluding hydrogens is 476 g/mol. The standard InChI is InChI=1S/C37H66O2/c1-3-5-7-9-11-13-15-17-19-20-21-23-25-27-29-31-33-35-37(38)39-36-34-32-30-28-26-24-22-18-16-14-12-10-8-6-4-2/h11,13,17,19,21,23,27,29H,3-10,12,14-16,18,20,22,24-26,28,30-36H2,1-2H3/b13-11-,19-17-,23-21-,29-27-. The molecule has 0 unspecified atom stereocenters. The maximum absolute atomic E-state index is 11.9. The highest BCUT2D eigenvalue weighted by Gasteiger charge is 2.01. The Kier molecular flexibility index (Phi) is 33.1. The van der Waals surface area contributed by atoms with Crippen LogP contribution >= 0.6 is 0 Å². The Morgan fingerprint density at radius 3 is 1.26 bits per heavy atom. The van der Waals surface area contributed by atoms with Gasteiger partial charge in [-0.15, -0.1) is 0 Å². The third-order valence-electron chi connectivity index (χ3n) is 7.22. The van der Waals surface area contributed by atoms with Crippen LogP contribution in [0.2, 0.25) is 0 Å². The first-order chi connectivity index (χ1) is 19.3. The summed E-state index contributed by atoms with van der Waals surface area (Å²) in [7, 11) is 0. The first kappa shape index (κ1) is 37.4. The average molecular weight is 543 g/mol. The van der Waals surface area contributed by atoms with Gasteiger partial charge in [0.25, 0.3) is 0 Å². The molecule has 0 aromatic heterocycles. The predicted molar refractivity (Wildman–Crippen MR) is 174 cm³/mol. The number of carbonyl (C=O) groups excluding carboxylic acids is 1. The van der Waals surface area contributed by atoms with Crippen molar-refractivity contribution < 1.29 is 9.53 Å². The molecule has 0 amide bonds. The molecule has 0 fully saturated rings. The number of carbonyl (C=O) groups is 1. The smallest absolute Gasteiger partial charge is 0.305 e. The maximum atomic E-state index is 11.9. The zero-order valence-corrected chi connectivity index (χ0v) is 26.3. The molecule has 0 aliphatic rings. The average Bonchev–Trinajstić information content (AvgIpc) is 2.94. The maximum Gasteiger partial charge on any atom is 0.305 e. The number of hydrogen-bond donors (Lipinski definition) is 0. The van der Waals surface area contributed by atoms with Crippen molar-refractivity contribution in [2.45, 2.75) is 174 Å². The van der Waals surface area contributed by atoms with E-state index >= 15 is 0 Å². The van der Waals surface area contributed by atoms with Gasteiger partial charge in [0.2, 0.25) is 0 Å². The van der Waals surface area contributed by atoms with Crippen molar-refractivity contribution in [2.75, 3.05) is 6.61 Å². The van der Waals surface area contributed by atoms with Gasteiger partial charge in [-0.3, -0.25) is 4.79 Å². The summed E-state index contributed by atoms with van der Waals surface area (Å²) in [5, 5.41) is 0. The summed E-state index contributed by atoms with van der Waals surface area (Å²) >= 11 is 0. The number of hydrogen-bond acceptors (Lipinski definition) is 2. The summed E-state index contributed by atoms with van der Waals surface area (Å²) in [5.74, 6) is -0.0312. The molecule has 0 saturated heterocycles. The van der Waals surface area contributed by atoms with Gasteiger partial charge in [0.15, 0.2) is 0 Å². The second-order valence-electron chi connectivity index (χ2n) is 11.2. The summed E-state index contributed by atoms with van der Waals surface area (Å²) in [5.41, 5.74) is 0. The Labute approximate surface area is 244 Å². The fourth-order valence-electron chi connectivity index (χ4n) is 4.66. The van der Waals surface area contributed by atoms with Gasteiger partial charge < -0.3 is 4.74 Å². The van der Waals surface area contributed by atoms with Crippen molar-refractivity contribution >= 4 is 5.97 Å². The topological polar surface area (TPSA) is 26.3 Å². The fraction of sp³-hybridized carbons (Fsp3) is 0.757.